The smallest absolute Gasteiger partial charge is 0.338 e. The number of anilines is 1. The minimum atomic E-state index is -0.387. The fourth-order valence-corrected chi connectivity index (χ4v) is 4.22. The van der Waals surface area contributed by atoms with E-state index in [4.69, 9.17) is 4.74 Å². The molecule has 1 heterocycles. The summed E-state index contributed by atoms with van der Waals surface area (Å²) in [4.78, 5) is 30.0. The average Bonchev–Trinajstić information content (AvgIpc) is 2.88. The van der Waals surface area contributed by atoms with Crippen molar-refractivity contribution < 1.29 is 14.3 Å². The number of aromatic nitrogens is 1. The summed E-state index contributed by atoms with van der Waals surface area (Å²) in [7, 11) is 0. The number of rotatable bonds is 9. The normalized spacial score (nSPS) is 11.9. The summed E-state index contributed by atoms with van der Waals surface area (Å²) >= 11 is 0. The molecule has 2 N–H and O–H groups in total. The van der Waals surface area contributed by atoms with Crippen molar-refractivity contribution in [2.45, 2.75) is 46.3 Å². The summed E-state index contributed by atoms with van der Waals surface area (Å²) < 4.78 is 5.54. The highest BCUT2D eigenvalue weighted by atomic mass is 16.5. The fraction of sp³-hybridized carbons (Fsp3) is 0.258. The largest absolute Gasteiger partial charge is 0.457 e. The highest BCUT2D eigenvalue weighted by Crippen LogP contribution is 2.22. The maximum Gasteiger partial charge on any atom is 0.338 e. The van der Waals surface area contributed by atoms with Crippen LogP contribution in [-0.4, -0.2) is 29.4 Å². The molecule has 6 nitrogen and oxygen atoms in total. The van der Waals surface area contributed by atoms with Gasteiger partial charge in [0.2, 0.25) is 5.91 Å². The maximum absolute atomic E-state index is 13.3. The summed E-state index contributed by atoms with van der Waals surface area (Å²) in [6, 6.07) is 21.3. The Bertz CT molecular complexity index is 1400. The third-order valence-electron chi connectivity index (χ3n) is 6.31. The third-order valence-corrected chi connectivity index (χ3v) is 6.31. The maximum atomic E-state index is 13.3. The first kappa shape index (κ1) is 26.0. The van der Waals surface area contributed by atoms with Crippen LogP contribution in [0.3, 0.4) is 0 Å². The summed E-state index contributed by atoms with van der Waals surface area (Å²) in [5, 5.41) is 8.49. The van der Waals surface area contributed by atoms with Gasteiger partial charge in [0.05, 0.1) is 11.5 Å². The molecule has 1 atom stereocenters. The molecule has 0 fully saturated rings. The second-order valence-electron chi connectivity index (χ2n) is 9.68. The van der Waals surface area contributed by atoms with Crippen molar-refractivity contribution in [3.05, 3.63) is 107 Å². The Kier molecular flexibility index (Phi) is 8.31. The lowest BCUT2D eigenvalue weighted by Crippen LogP contribution is -2.34. The molecule has 3 aromatic carbocycles. The first-order valence-corrected chi connectivity index (χ1v) is 12.5. The molecule has 0 aliphatic heterocycles. The lowest BCUT2D eigenvalue weighted by atomic mass is 9.96. The molecule has 1 amide bonds. The van der Waals surface area contributed by atoms with Crippen LogP contribution in [0.5, 0.6) is 0 Å². The first-order valence-electron chi connectivity index (χ1n) is 12.5. The van der Waals surface area contributed by atoms with Crippen LogP contribution in [0.15, 0.2) is 79.1 Å². The molecular formula is C31H33N3O3. The van der Waals surface area contributed by atoms with E-state index in [1.165, 1.54) is 0 Å². The van der Waals surface area contributed by atoms with E-state index >= 15 is 0 Å². The Morgan fingerprint density at radius 3 is 2.43 bits per heavy atom. The van der Waals surface area contributed by atoms with E-state index in [0.29, 0.717) is 12.1 Å². The Labute approximate surface area is 218 Å². The quantitative estimate of drug-likeness (QED) is 0.281. The number of hydrogen-bond acceptors (Lipinski definition) is 5. The summed E-state index contributed by atoms with van der Waals surface area (Å²) in [6.07, 6.45) is 3.54. The van der Waals surface area contributed by atoms with Crippen molar-refractivity contribution >= 4 is 28.3 Å². The zero-order valence-corrected chi connectivity index (χ0v) is 21.7. The molecule has 1 aromatic heterocycles. The standard InChI is InChI=1S/C31H33N3O3/c1-20(2)33-18-29(30(35)34-27-11-10-26-17-32-14-13-25(26)16-27)24-8-6-23(7-9-24)19-37-31(36)28-12-5-21(3)15-22(28)4/h5-17,20,29,33H,18-19H2,1-4H3,(H,34,35)/t29-/m1/s1. The fourth-order valence-electron chi connectivity index (χ4n) is 4.22. The van der Waals surface area contributed by atoms with Gasteiger partial charge >= 0.3 is 5.97 Å². The minimum Gasteiger partial charge on any atom is -0.457 e. The minimum absolute atomic E-state index is 0.0874. The van der Waals surface area contributed by atoms with Crippen LogP contribution < -0.4 is 10.6 Å². The monoisotopic (exact) mass is 495 g/mol. The summed E-state index contributed by atoms with van der Waals surface area (Å²) in [6.45, 7) is 8.68. The van der Waals surface area contributed by atoms with Gasteiger partial charge in [0.25, 0.3) is 0 Å². The molecule has 0 aliphatic rings. The molecule has 4 rings (SSSR count). The van der Waals surface area contributed by atoms with E-state index in [9.17, 15) is 9.59 Å². The van der Waals surface area contributed by atoms with Crippen molar-refractivity contribution in [2.24, 2.45) is 0 Å². The van der Waals surface area contributed by atoms with Crippen LogP contribution in [0, 0.1) is 13.8 Å². The number of aryl methyl sites for hydroxylation is 2. The summed E-state index contributed by atoms with van der Waals surface area (Å²) in [5.74, 6) is -0.816. The van der Waals surface area contributed by atoms with Crippen molar-refractivity contribution in [3.63, 3.8) is 0 Å². The molecule has 37 heavy (non-hydrogen) atoms. The zero-order chi connectivity index (χ0) is 26.4. The van der Waals surface area contributed by atoms with Crippen LogP contribution >= 0.6 is 0 Å². The van der Waals surface area contributed by atoms with Crippen LogP contribution in [-0.2, 0) is 16.1 Å². The molecule has 4 aromatic rings. The van der Waals surface area contributed by atoms with Gasteiger partial charge in [-0.15, -0.1) is 0 Å². The van der Waals surface area contributed by atoms with E-state index in [0.717, 1.165) is 38.7 Å². The van der Waals surface area contributed by atoms with E-state index in [1.807, 2.05) is 74.5 Å². The molecular weight excluding hydrogens is 462 g/mol. The van der Waals surface area contributed by atoms with Crippen LogP contribution in [0.2, 0.25) is 0 Å². The number of nitrogens with zero attached hydrogens (tertiary/aromatic N) is 1. The number of amides is 1. The van der Waals surface area contributed by atoms with Gasteiger partial charge in [-0.05, 0) is 60.2 Å². The first-order chi connectivity index (χ1) is 17.8. The molecule has 0 spiro atoms. The van der Waals surface area contributed by atoms with Gasteiger partial charge in [0, 0.05) is 36.1 Å². The molecule has 0 saturated carbocycles. The van der Waals surface area contributed by atoms with Gasteiger partial charge in [0.15, 0.2) is 0 Å². The second-order valence-corrected chi connectivity index (χ2v) is 9.68. The van der Waals surface area contributed by atoms with Gasteiger partial charge in [-0.1, -0.05) is 61.9 Å². The summed E-state index contributed by atoms with van der Waals surface area (Å²) in [5.41, 5.74) is 5.07. The van der Waals surface area contributed by atoms with Crippen molar-refractivity contribution in [2.75, 3.05) is 11.9 Å². The lowest BCUT2D eigenvalue weighted by Gasteiger charge is -2.20. The lowest BCUT2D eigenvalue weighted by molar-refractivity contribution is -0.117. The van der Waals surface area contributed by atoms with Crippen LogP contribution in [0.1, 0.15) is 52.4 Å². The van der Waals surface area contributed by atoms with Crippen LogP contribution in [0.25, 0.3) is 10.8 Å². The molecule has 0 unspecified atom stereocenters. The number of fused-ring (bicyclic) bond motifs is 1. The highest BCUT2D eigenvalue weighted by molar-refractivity contribution is 5.98. The molecule has 0 radical (unpaired) electrons. The molecule has 6 heteroatoms. The number of carbonyl (C=O) groups is 2. The number of esters is 1. The molecule has 0 saturated heterocycles. The van der Waals surface area contributed by atoms with Crippen LogP contribution in [0.4, 0.5) is 5.69 Å². The third kappa shape index (κ3) is 6.80. The number of carbonyl (C=O) groups excluding carboxylic acids is 2. The molecule has 190 valence electrons. The predicted octanol–water partition coefficient (Wildman–Crippen LogP) is 5.93. The van der Waals surface area contributed by atoms with Gasteiger partial charge in [-0.3, -0.25) is 9.78 Å². The average molecular weight is 496 g/mol. The van der Waals surface area contributed by atoms with E-state index < -0.39 is 0 Å². The van der Waals surface area contributed by atoms with E-state index in [1.54, 1.807) is 18.5 Å². The Morgan fingerprint density at radius 1 is 0.919 bits per heavy atom. The second kappa shape index (κ2) is 11.8. The van der Waals surface area contributed by atoms with Gasteiger partial charge in [-0.2, -0.15) is 0 Å². The van der Waals surface area contributed by atoms with Crippen molar-refractivity contribution in [1.29, 1.82) is 0 Å². The molecule has 0 aliphatic carbocycles. The van der Waals surface area contributed by atoms with Crippen molar-refractivity contribution in [1.82, 2.24) is 10.3 Å². The van der Waals surface area contributed by atoms with Crippen molar-refractivity contribution in [3.8, 4) is 0 Å². The SMILES string of the molecule is Cc1ccc(C(=O)OCc2ccc([C@@H](CNC(C)C)C(=O)Nc3ccc4cnccc4c3)cc2)c(C)c1. The van der Waals surface area contributed by atoms with Gasteiger partial charge < -0.3 is 15.4 Å². The number of ether oxygens (including phenoxy) is 1. The van der Waals surface area contributed by atoms with E-state index in [2.05, 4.69) is 29.5 Å². The van der Waals surface area contributed by atoms with Gasteiger partial charge in [0.1, 0.15) is 6.61 Å². The van der Waals surface area contributed by atoms with Gasteiger partial charge in [-0.25, -0.2) is 4.79 Å². The zero-order valence-electron chi connectivity index (χ0n) is 21.7. The highest BCUT2D eigenvalue weighted by Gasteiger charge is 2.21. The predicted molar refractivity (Wildman–Crippen MR) is 148 cm³/mol. The number of benzene rings is 3. The topological polar surface area (TPSA) is 80.3 Å². The number of pyridine rings is 1. The Hall–Kier alpha value is -4.03. The number of nitrogens with one attached hydrogen (secondary N) is 2. The Balaban J connectivity index is 1.45. The van der Waals surface area contributed by atoms with E-state index in [-0.39, 0.29) is 30.4 Å². The Morgan fingerprint density at radius 2 is 1.70 bits per heavy atom. The number of hydrogen-bond donors (Lipinski definition) is 2. The molecule has 0 bridgehead atoms.